The van der Waals surface area contributed by atoms with E-state index in [2.05, 4.69) is 0 Å². The van der Waals surface area contributed by atoms with E-state index in [1.807, 2.05) is 0 Å². The molecule has 0 aliphatic heterocycles. The monoisotopic (exact) mass is 315 g/mol. The lowest BCUT2D eigenvalue weighted by molar-refractivity contribution is 0.147. The number of aliphatic hydroxyl groups is 1. The lowest BCUT2D eigenvalue weighted by Crippen LogP contribution is -2.20. The largest absolute Gasteiger partial charge is 0.388 e. The lowest BCUT2D eigenvalue weighted by atomic mass is 9.89. The molecule has 0 radical (unpaired) electrons. The third-order valence-corrected chi connectivity index (χ3v) is 3.52. The summed E-state index contributed by atoms with van der Waals surface area (Å²) >= 11 is 5.66. The van der Waals surface area contributed by atoms with Crippen LogP contribution in [0.15, 0.2) is 36.4 Å². The molecule has 0 aliphatic rings. The standard InChI is InChI=1S/C15H13ClF3NO/c16-13-5-8(1-2-14(13)19)15(21)12(7-20)9-3-10(17)6-11(18)4-9/h1-6,12,15,21H,7,20H2. The lowest BCUT2D eigenvalue weighted by Gasteiger charge is -2.22. The van der Waals surface area contributed by atoms with E-state index in [9.17, 15) is 18.3 Å². The Morgan fingerprint density at radius 1 is 1.00 bits per heavy atom. The molecule has 112 valence electrons. The van der Waals surface area contributed by atoms with Crippen molar-refractivity contribution in [3.63, 3.8) is 0 Å². The minimum absolute atomic E-state index is 0.0426. The number of halogens is 4. The van der Waals surface area contributed by atoms with Gasteiger partial charge in [-0.3, -0.25) is 0 Å². The third-order valence-electron chi connectivity index (χ3n) is 3.23. The maximum atomic E-state index is 13.3. The van der Waals surface area contributed by atoms with Gasteiger partial charge in [-0.25, -0.2) is 13.2 Å². The van der Waals surface area contributed by atoms with Gasteiger partial charge in [-0.2, -0.15) is 0 Å². The van der Waals surface area contributed by atoms with Crippen LogP contribution in [-0.2, 0) is 0 Å². The van der Waals surface area contributed by atoms with Crippen LogP contribution >= 0.6 is 11.6 Å². The third kappa shape index (κ3) is 3.56. The van der Waals surface area contributed by atoms with Gasteiger partial charge < -0.3 is 10.8 Å². The molecule has 0 aliphatic carbocycles. The number of benzene rings is 2. The topological polar surface area (TPSA) is 46.2 Å². The highest BCUT2D eigenvalue weighted by atomic mass is 35.5. The molecule has 2 atom stereocenters. The van der Waals surface area contributed by atoms with Gasteiger partial charge in [-0.1, -0.05) is 17.7 Å². The summed E-state index contributed by atoms with van der Waals surface area (Å²) in [5.41, 5.74) is 6.14. The van der Waals surface area contributed by atoms with E-state index < -0.39 is 29.5 Å². The highest BCUT2D eigenvalue weighted by molar-refractivity contribution is 6.30. The maximum Gasteiger partial charge on any atom is 0.141 e. The van der Waals surface area contributed by atoms with Crippen molar-refractivity contribution in [3.05, 3.63) is 70.0 Å². The van der Waals surface area contributed by atoms with Crippen LogP contribution in [0, 0.1) is 17.5 Å². The van der Waals surface area contributed by atoms with Gasteiger partial charge in [0, 0.05) is 18.5 Å². The first kappa shape index (κ1) is 15.8. The molecular formula is C15H13ClF3NO. The maximum absolute atomic E-state index is 13.3. The Morgan fingerprint density at radius 2 is 1.62 bits per heavy atom. The highest BCUT2D eigenvalue weighted by Crippen LogP contribution is 2.32. The molecule has 0 spiro atoms. The molecule has 0 heterocycles. The van der Waals surface area contributed by atoms with Crippen molar-refractivity contribution in [2.75, 3.05) is 6.54 Å². The fourth-order valence-corrected chi connectivity index (χ4v) is 2.35. The Kier molecular flexibility index (Phi) is 4.88. The fraction of sp³-hybridized carbons (Fsp3) is 0.200. The van der Waals surface area contributed by atoms with Gasteiger partial charge in [0.1, 0.15) is 17.5 Å². The van der Waals surface area contributed by atoms with Crippen molar-refractivity contribution in [1.82, 2.24) is 0 Å². The number of rotatable bonds is 4. The molecule has 2 rings (SSSR count). The van der Waals surface area contributed by atoms with E-state index in [4.69, 9.17) is 17.3 Å². The smallest absolute Gasteiger partial charge is 0.141 e. The van der Waals surface area contributed by atoms with E-state index in [-0.39, 0.29) is 17.1 Å². The summed E-state index contributed by atoms with van der Waals surface area (Å²) in [7, 11) is 0. The van der Waals surface area contributed by atoms with Crippen LogP contribution in [-0.4, -0.2) is 11.7 Å². The molecule has 0 aromatic heterocycles. The van der Waals surface area contributed by atoms with Gasteiger partial charge in [0.2, 0.25) is 0 Å². The van der Waals surface area contributed by atoms with E-state index in [1.54, 1.807) is 0 Å². The molecule has 21 heavy (non-hydrogen) atoms. The van der Waals surface area contributed by atoms with E-state index in [0.29, 0.717) is 5.56 Å². The van der Waals surface area contributed by atoms with Gasteiger partial charge >= 0.3 is 0 Å². The Balaban J connectivity index is 2.37. The van der Waals surface area contributed by atoms with E-state index in [1.165, 1.54) is 12.1 Å². The van der Waals surface area contributed by atoms with Crippen molar-refractivity contribution in [3.8, 4) is 0 Å². The zero-order valence-corrected chi connectivity index (χ0v) is 11.6. The Labute approximate surface area is 125 Å². The SMILES string of the molecule is NCC(c1cc(F)cc(F)c1)C(O)c1ccc(F)c(Cl)c1. The normalized spacial score (nSPS) is 14.0. The summed E-state index contributed by atoms with van der Waals surface area (Å²) in [4.78, 5) is 0. The molecule has 0 amide bonds. The fourth-order valence-electron chi connectivity index (χ4n) is 2.17. The average Bonchev–Trinajstić information content (AvgIpc) is 2.41. The van der Waals surface area contributed by atoms with Gasteiger partial charge in [0.05, 0.1) is 11.1 Å². The average molecular weight is 316 g/mol. The van der Waals surface area contributed by atoms with Crippen LogP contribution in [0.1, 0.15) is 23.1 Å². The predicted molar refractivity (Wildman–Crippen MR) is 74.5 cm³/mol. The van der Waals surface area contributed by atoms with Crippen LogP contribution in [0.4, 0.5) is 13.2 Å². The van der Waals surface area contributed by atoms with E-state index >= 15 is 0 Å². The summed E-state index contributed by atoms with van der Waals surface area (Å²) < 4.78 is 39.7. The molecule has 2 nitrogen and oxygen atoms in total. The van der Waals surface area contributed by atoms with Crippen LogP contribution < -0.4 is 5.73 Å². The molecule has 6 heteroatoms. The van der Waals surface area contributed by atoms with Gasteiger partial charge in [0.15, 0.2) is 0 Å². The highest BCUT2D eigenvalue weighted by Gasteiger charge is 2.23. The minimum Gasteiger partial charge on any atom is -0.388 e. The first-order valence-electron chi connectivity index (χ1n) is 6.21. The first-order valence-corrected chi connectivity index (χ1v) is 6.59. The summed E-state index contributed by atoms with van der Waals surface area (Å²) in [6.45, 7) is -0.0426. The molecule has 0 saturated heterocycles. The van der Waals surface area contributed by atoms with Crippen LogP contribution in [0.3, 0.4) is 0 Å². The zero-order chi connectivity index (χ0) is 15.6. The Hall–Kier alpha value is -1.56. The van der Waals surface area contributed by atoms with Crippen molar-refractivity contribution in [1.29, 1.82) is 0 Å². The van der Waals surface area contributed by atoms with E-state index in [0.717, 1.165) is 24.3 Å². The zero-order valence-electron chi connectivity index (χ0n) is 10.9. The second kappa shape index (κ2) is 6.47. The van der Waals surface area contributed by atoms with Crippen molar-refractivity contribution in [2.45, 2.75) is 12.0 Å². The Bertz CT molecular complexity index is 631. The van der Waals surface area contributed by atoms with Crippen molar-refractivity contribution < 1.29 is 18.3 Å². The van der Waals surface area contributed by atoms with Gasteiger partial charge in [-0.05, 0) is 35.4 Å². The quantitative estimate of drug-likeness (QED) is 0.906. The number of aliphatic hydroxyl groups excluding tert-OH is 1. The molecule has 2 aromatic rings. The summed E-state index contributed by atoms with van der Waals surface area (Å²) in [5.74, 6) is -2.87. The second-order valence-corrected chi connectivity index (χ2v) is 5.07. The van der Waals surface area contributed by atoms with Crippen molar-refractivity contribution >= 4 is 11.6 Å². The molecule has 0 fully saturated rings. The van der Waals surface area contributed by atoms with Crippen LogP contribution in [0.2, 0.25) is 5.02 Å². The van der Waals surface area contributed by atoms with Gasteiger partial charge in [0.25, 0.3) is 0 Å². The summed E-state index contributed by atoms with van der Waals surface area (Å²) in [5, 5.41) is 10.2. The molecule has 2 aromatic carbocycles. The van der Waals surface area contributed by atoms with Crippen LogP contribution in [0.5, 0.6) is 0 Å². The number of hydrogen-bond donors (Lipinski definition) is 2. The second-order valence-electron chi connectivity index (χ2n) is 4.66. The summed E-state index contributed by atoms with van der Waals surface area (Å²) in [6.07, 6.45) is -1.16. The molecule has 2 unspecified atom stereocenters. The first-order chi connectivity index (χ1) is 9.92. The summed E-state index contributed by atoms with van der Waals surface area (Å²) in [6, 6.07) is 6.67. The molecule has 0 saturated carbocycles. The minimum atomic E-state index is -1.16. The van der Waals surface area contributed by atoms with Gasteiger partial charge in [-0.15, -0.1) is 0 Å². The number of hydrogen-bond acceptors (Lipinski definition) is 2. The molecule has 3 N–H and O–H groups in total. The number of nitrogens with two attached hydrogens (primary N) is 1. The predicted octanol–water partition coefficient (Wildman–Crippen LogP) is 3.53. The van der Waals surface area contributed by atoms with Crippen molar-refractivity contribution in [2.24, 2.45) is 5.73 Å². The molecule has 0 bridgehead atoms. The van der Waals surface area contributed by atoms with Crippen LogP contribution in [0.25, 0.3) is 0 Å². The Morgan fingerprint density at radius 3 is 2.14 bits per heavy atom. The molecular weight excluding hydrogens is 303 g/mol.